The normalized spacial score (nSPS) is 13.0. The monoisotopic (exact) mass is 705 g/mol. The van der Waals surface area contributed by atoms with Crippen molar-refractivity contribution < 1.29 is 5.11 Å². The smallest absolute Gasteiger partial charge is 0.0484 e. The minimum Gasteiger partial charge on any atom is -0.396 e. The second-order valence-corrected chi connectivity index (χ2v) is 17.6. The number of aliphatic hydroxyl groups excluding tert-OH is 1. The van der Waals surface area contributed by atoms with Crippen molar-refractivity contribution in [3.05, 3.63) is 0 Å². The van der Waals surface area contributed by atoms with Crippen LogP contribution in [0.4, 0.5) is 0 Å². The summed E-state index contributed by atoms with van der Waals surface area (Å²) in [6.07, 6.45) is 63.1. The van der Waals surface area contributed by atoms with Crippen LogP contribution < -0.4 is 0 Å². The molecule has 0 amide bonds. The van der Waals surface area contributed by atoms with E-state index in [9.17, 15) is 5.11 Å². The fraction of sp³-hybridized carbons (Fsp3) is 1.00. The lowest BCUT2D eigenvalue weighted by Crippen LogP contribution is -2.21. The number of hydrogen-bond donors (Lipinski definition) is 1. The Bertz CT molecular complexity index is 586. The average Bonchev–Trinajstić information content (AvgIpc) is 3.13. The Morgan fingerprint density at radius 3 is 0.520 bits per heavy atom. The maximum Gasteiger partial charge on any atom is 0.0484 e. The molecule has 0 bridgehead atoms. The van der Waals surface area contributed by atoms with Crippen LogP contribution >= 0.6 is 0 Å². The van der Waals surface area contributed by atoms with Crippen molar-refractivity contribution in [3.63, 3.8) is 0 Å². The Balaban J connectivity index is 3.34. The van der Waals surface area contributed by atoms with Gasteiger partial charge in [0.25, 0.3) is 0 Å². The molecule has 0 unspecified atom stereocenters. The van der Waals surface area contributed by atoms with Gasteiger partial charge >= 0.3 is 0 Å². The first-order valence-corrected chi connectivity index (χ1v) is 24.3. The average molecular weight is 705 g/mol. The fourth-order valence-electron chi connectivity index (χ4n) is 8.25. The summed E-state index contributed by atoms with van der Waals surface area (Å²) in [5.74, 6) is 0. The van der Waals surface area contributed by atoms with E-state index >= 15 is 0 Å². The third-order valence-electron chi connectivity index (χ3n) is 12.1. The summed E-state index contributed by atoms with van der Waals surface area (Å²) in [4.78, 5) is 0. The summed E-state index contributed by atoms with van der Waals surface area (Å²) in [6, 6.07) is 0. The summed E-state index contributed by atoms with van der Waals surface area (Å²) in [7, 11) is 0. The first kappa shape index (κ1) is 50.0. The van der Waals surface area contributed by atoms with Gasteiger partial charge in [0.15, 0.2) is 0 Å². The highest BCUT2D eigenvalue weighted by Crippen LogP contribution is 2.31. The molecule has 50 heavy (non-hydrogen) atoms. The van der Waals surface area contributed by atoms with E-state index in [-0.39, 0.29) is 5.41 Å². The van der Waals surface area contributed by atoms with E-state index in [4.69, 9.17) is 0 Å². The second kappa shape index (κ2) is 43.4. The van der Waals surface area contributed by atoms with Crippen molar-refractivity contribution >= 4 is 0 Å². The van der Waals surface area contributed by atoms with Gasteiger partial charge in [0.2, 0.25) is 0 Å². The molecule has 1 atom stereocenters. The van der Waals surface area contributed by atoms with E-state index in [2.05, 4.69) is 20.8 Å². The van der Waals surface area contributed by atoms with Gasteiger partial charge < -0.3 is 5.11 Å². The van der Waals surface area contributed by atoms with Crippen LogP contribution in [0.5, 0.6) is 0 Å². The Morgan fingerprint density at radius 2 is 0.380 bits per heavy atom. The van der Waals surface area contributed by atoms with Crippen LogP contribution in [0.1, 0.15) is 303 Å². The van der Waals surface area contributed by atoms with E-state index in [0.717, 1.165) is 0 Å². The van der Waals surface area contributed by atoms with Crippen LogP contribution in [0.3, 0.4) is 0 Å². The zero-order valence-electron chi connectivity index (χ0n) is 35.8. The van der Waals surface area contributed by atoms with Gasteiger partial charge in [0, 0.05) is 6.61 Å². The maximum absolute atomic E-state index is 10.1. The van der Waals surface area contributed by atoms with Gasteiger partial charge in [-0.3, -0.25) is 0 Å². The molecule has 0 fully saturated rings. The summed E-state index contributed by atoms with van der Waals surface area (Å²) >= 11 is 0. The van der Waals surface area contributed by atoms with Gasteiger partial charge in [-0.25, -0.2) is 0 Å². The highest BCUT2D eigenvalue weighted by molar-refractivity contribution is 4.73. The molecule has 0 spiro atoms. The number of unbranched alkanes of at least 4 members (excludes halogenated alkanes) is 40. The molecule has 0 aromatic heterocycles. The Labute approximate surface area is 319 Å². The van der Waals surface area contributed by atoms with E-state index in [1.807, 2.05) is 0 Å². The number of aliphatic hydroxyl groups is 1. The molecule has 0 heterocycles. The third-order valence-corrected chi connectivity index (χ3v) is 12.1. The van der Waals surface area contributed by atoms with Crippen LogP contribution in [0.25, 0.3) is 0 Å². The highest BCUT2D eigenvalue weighted by atomic mass is 16.3. The number of rotatable bonds is 45. The molecule has 0 rings (SSSR count). The van der Waals surface area contributed by atoms with Gasteiger partial charge in [0.1, 0.15) is 0 Å². The van der Waals surface area contributed by atoms with Crippen LogP contribution in [-0.2, 0) is 0 Å². The molecular formula is C49H100O. The lowest BCUT2D eigenvalue weighted by molar-refractivity contribution is 0.116. The minimum atomic E-state index is 0.168. The lowest BCUT2D eigenvalue weighted by atomic mass is 9.80. The number of hydrogen-bond acceptors (Lipinski definition) is 1. The first-order valence-electron chi connectivity index (χ1n) is 24.3. The van der Waals surface area contributed by atoms with Crippen molar-refractivity contribution in [2.75, 3.05) is 6.61 Å². The van der Waals surface area contributed by atoms with Crippen LogP contribution in [0, 0.1) is 5.41 Å². The molecule has 0 aliphatic heterocycles. The minimum absolute atomic E-state index is 0.168. The largest absolute Gasteiger partial charge is 0.396 e. The predicted molar refractivity (Wildman–Crippen MR) is 230 cm³/mol. The molecule has 1 heteroatoms. The Hall–Kier alpha value is -0.0400. The van der Waals surface area contributed by atoms with Crippen LogP contribution in [0.2, 0.25) is 0 Å². The van der Waals surface area contributed by atoms with Gasteiger partial charge in [-0.15, -0.1) is 0 Å². The molecular weight excluding hydrogens is 605 g/mol. The van der Waals surface area contributed by atoms with Gasteiger partial charge in [0.05, 0.1) is 0 Å². The van der Waals surface area contributed by atoms with Crippen molar-refractivity contribution in [2.24, 2.45) is 5.41 Å². The summed E-state index contributed by atoms with van der Waals surface area (Å²) in [6.45, 7) is 7.34. The lowest BCUT2D eigenvalue weighted by Gasteiger charge is -2.27. The standard InChI is InChI=1S/C49H100O/c1-4-6-8-10-12-14-16-18-20-22-24-26-27-29-31-33-35-37-39-41-43-45-47-49(3,48-50)46-44-42-40-38-36-34-32-30-28-25-23-21-19-17-15-13-11-9-7-5-2/h50H,4-48H2,1-3H3/t49-/m0/s1. The van der Waals surface area contributed by atoms with E-state index in [0.29, 0.717) is 6.61 Å². The highest BCUT2D eigenvalue weighted by Gasteiger charge is 2.22. The van der Waals surface area contributed by atoms with E-state index in [1.165, 1.54) is 283 Å². The summed E-state index contributed by atoms with van der Waals surface area (Å²) in [5.41, 5.74) is 0.168. The molecule has 0 saturated heterocycles. The molecule has 0 radical (unpaired) electrons. The van der Waals surface area contributed by atoms with Crippen LogP contribution in [0.15, 0.2) is 0 Å². The molecule has 0 aromatic carbocycles. The molecule has 0 aliphatic carbocycles. The van der Waals surface area contributed by atoms with Crippen molar-refractivity contribution in [1.29, 1.82) is 0 Å². The molecule has 0 aromatic rings. The second-order valence-electron chi connectivity index (χ2n) is 17.6. The quantitative estimate of drug-likeness (QED) is 0.0626. The SMILES string of the molecule is CCCCCCCCCCCCCCCCCCCCCCCC[C@@](C)(CO)CCCCCCCCCCCCCCCCCCCCCC. The van der Waals surface area contributed by atoms with Crippen molar-refractivity contribution in [3.8, 4) is 0 Å². The molecule has 1 nitrogen and oxygen atoms in total. The van der Waals surface area contributed by atoms with E-state index in [1.54, 1.807) is 0 Å². The van der Waals surface area contributed by atoms with Crippen LogP contribution in [-0.4, -0.2) is 11.7 Å². The van der Waals surface area contributed by atoms with Gasteiger partial charge in [-0.2, -0.15) is 0 Å². The third kappa shape index (κ3) is 40.7. The van der Waals surface area contributed by atoms with Crippen molar-refractivity contribution in [1.82, 2.24) is 0 Å². The summed E-state index contributed by atoms with van der Waals surface area (Å²) < 4.78 is 0. The maximum atomic E-state index is 10.1. The zero-order valence-corrected chi connectivity index (χ0v) is 35.8. The zero-order chi connectivity index (χ0) is 36.3. The van der Waals surface area contributed by atoms with E-state index < -0.39 is 0 Å². The van der Waals surface area contributed by atoms with Gasteiger partial charge in [-0.05, 0) is 18.3 Å². The molecule has 1 N–H and O–H groups in total. The molecule has 302 valence electrons. The Kier molecular flexibility index (Phi) is 43.3. The molecule has 0 aliphatic rings. The summed E-state index contributed by atoms with van der Waals surface area (Å²) in [5, 5.41) is 10.1. The predicted octanol–water partition coefficient (Wildman–Crippen LogP) is 18.2. The van der Waals surface area contributed by atoms with Crippen molar-refractivity contribution in [2.45, 2.75) is 303 Å². The fourth-order valence-corrected chi connectivity index (χ4v) is 8.25. The molecule has 0 saturated carbocycles. The van der Waals surface area contributed by atoms with Gasteiger partial charge in [-0.1, -0.05) is 290 Å². The first-order chi connectivity index (χ1) is 24.7. The Morgan fingerprint density at radius 1 is 0.240 bits per heavy atom. The topological polar surface area (TPSA) is 20.2 Å².